The van der Waals surface area contributed by atoms with Gasteiger partial charge < -0.3 is 5.32 Å². The molecule has 6 nitrogen and oxygen atoms in total. The van der Waals surface area contributed by atoms with E-state index in [1.54, 1.807) is 0 Å². The molecule has 146 valence electrons. The minimum Gasteiger partial charge on any atom is -0.324 e. The van der Waals surface area contributed by atoms with Crippen molar-refractivity contribution in [2.45, 2.75) is 18.0 Å². The zero-order chi connectivity index (χ0) is 20.2. The Morgan fingerprint density at radius 2 is 1.89 bits per heavy atom. The van der Waals surface area contributed by atoms with Crippen LogP contribution in [0.2, 0.25) is 5.15 Å². The molecule has 0 radical (unpaired) electrons. The summed E-state index contributed by atoms with van der Waals surface area (Å²) in [6.07, 6.45) is -3.62. The maximum Gasteiger partial charge on any atom is 0.418 e. The number of anilines is 1. The molecule has 1 N–H and O–H groups in total. The monoisotopic (exact) mass is 421 g/mol. The molecule has 1 aromatic heterocycles. The fourth-order valence-electron chi connectivity index (χ4n) is 2.22. The standard InChI is InChI=1S/C16H15ClF3N3O3S/c1-2-23(27(25,26)11-7-8-14(17)21-9-11)10-15(24)22-13-6-4-3-5-12(13)16(18,19)20/h3-9H,2,10H2,1H3,(H,22,24). The number of carbonyl (C=O) groups is 1. The van der Waals surface area contributed by atoms with Gasteiger partial charge in [0.1, 0.15) is 10.0 Å². The zero-order valence-corrected chi connectivity index (χ0v) is 15.6. The van der Waals surface area contributed by atoms with E-state index < -0.39 is 39.9 Å². The number of pyridine rings is 1. The average Bonchev–Trinajstić information content (AvgIpc) is 2.59. The Morgan fingerprint density at radius 1 is 1.22 bits per heavy atom. The van der Waals surface area contributed by atoms with Crippen molar-refractivity contribution < 1.29 is 26.4 Å². The molecular formula is C16H15ClF3N3O3S. The highest BCUT2D eigenvalue weighted by molar-refractivity contribution is 7.89. The van der Waals surface area contributed by atoms with Crippen LogP contribution >= 0.6 is 11.6 Å². The third-order valence-corrected chi connectivity index (χ3v) is 5.65. The molecule has 0 saturated heterocycles. The number of hydrogen-bond donors (Lipinski definition) is 1. The van der Waals surface area contributed by atoms with Crippen LogP contribution in [0.25, 0.3) is 0 Å². The molecule has 0 aliphatic heterocycles. The van der Waals surface area contributed by atoms with Crippen LogP contribution in [0.4, 0.5) is 18.9 Å². The first kappa shape index (κ1) is 21.1. The lowest BCUT2D eigenvalue weighted by molar-refractivity contribution is -0.137. The Hall–Kier alpha value is -2.17. The summed E-state index contributed by atoms with van der Waals surface area (Å²) in [6.45, 7) is 0.769. The maximum atomic E-state index is 13.0. The Bertz CT molecular complexity index is 918. The lowest BCUT2D eigenvalue weighted by Crippen LogP contribution is -2.38. The number of carbonyl (C=O) groups excluding carboxylic acids is 1. The van der Waals surface area contributed by atoms with Gasteiger partial charge in [0.25, 0.3) is 0 Å². The van der Waals surface area contributed by atoms with Crippen LogP contribution < -0.4 is 5.32 Å². The van der Waals surface area contributed by atoms with Gasteiger partial charge in [-0.2, -0.15) is 17.5 Å². The van der Waals surface area contributed by atoms with Crippen molar-refractivity contribution in [1.29, 1.82) is 0 Å². The molecule has 0 saturated carbocycles. The molecule has 2 rings (SSSR count). The summed E-state index contributed by atoms with van der Waals surface area (Å²) in [5.41, 5.74) is -1.47. The second-order valence-electron chi connectivity index (χ2n) is 5.34. The summed E-state index contributed by atoms with van der Waals surface area (Å²) in [4.78, 5) is 15.7. The Morgan fingerprint density at radius 3 is 2.44 bits per heavy atom. The molecule has 0 spiro atoms. The number of nitrogens with zero attached hydrogens (tertiary/aromatic N) is 2. The van der Waals surface area contributed by atoms with E-state index in [1.807, 2.05) is 0 Å². The number of benzene rings is 1. The van der Waals surface area contributed by atoms with Crippen molar-refractivity contribution in [1.82, 2.24) is 9.29 Å². The van der Waals surface area contributed by atoms with Gasteiger partial charge in [0, 0.05) is 12.7 Å². The van der Waals surface area contributed by atoms with E-state index in [9.17, 15) is 26.4 Å². The number of halogens is 4. The Balaban J connectivity index is 2.20. The summed E-state index contributed by atoms with van der Waals surface area (Å²) in [7, 11) is -4.06. The van der Waals surface area contributed by atoms with E-state index in [0.29, 0.717) is 0 Å². The minimum atomic E-state index is -4.66. The van der Waals surface area contributed by atoms with E-state index in [4.69, 9.17) is 11.6 Å². The molecule has 2 aromatic rings. The molecule has 0 atom stereocenters. The third-order valence-electron chi connectivity index (χ3n) is 3.52. The van der Waals surface area contributed by atoms with Gasteiger partial charge in [-0.25, -0.2) is 13.4 Å². The number of likely N-dealkylation sites (N-methyl/N-ethyl adjacent to an activating group) is 1. The van der Waals surface area contributed by atoms with Crippen molar-refractivity contribution in [3.05, 3.63) is 53.3 Å². The number of hydrogen-bond acceptors (Lipinski definition) is 4. The Kier molecular flexibility index (Phi) is 6.45. The molecule has 0 aliphatic rings. The highest BCUT2D eigenvalue weighted by Crippen LogP contribution is 2.34. The first-order chi connectivity index (χ1) is 12.6. The summed E-state index contributed by atoms with van der Waals surface area (Å²) in [6, 6.07) is 6.94. The molecule has 27 heavy (non-hydrogen) atoms. The van der Waals surface area contributed by atoms with Crippen molar-refractivity contribution in [2.24, 2.45) is 0 Å². The molecule has 11 heteroatoms. The second kappa shape index (κ2) is 8.24. The van der Waals surface area contributed by atoms with Gasteiger partial charge in [-0.05, 0) is 24.3 Å². The maximum absolute atomic E-state index is 13.0. The summed E-state index contributed by atoms with van der Waals surface area (Å²) < 4.78 is 65.0. The van der Waals surface area contributed by atoms with Crippen molar-refractivity contribution >= 4 is 33.2 Å². The van der Waals surface area contributed by atoms with Gasteiger partial charge in [-0.3, -0.25) is 4.79 Å². The predicted molar refractivity (Wildman–Crippen MR) is 93.8 cm³/mol. The predicted octanol–water partition coefficient (Wildman–Crippen LogP) is 3.40. The van der Waals surface area contributed by atoms with Crippen molar-refractivity contribution in [3.8, 4) is 0 Å². The molecule has 0 fully saturated rings. The SMILES string of the molecule is CCN(CC(=O)Nc1ccccc1C(F)(F)F)S(=O)(=O)c1ccc(Cl)nc1. The lowest BCUT2D eigenvalue weighted by atomic mass is 10.1. The smallest absolute Gasteiger partial charge is 0.324 e. The van der Waals surface area contributed by atoms with Crippen LogP contribution in [0.15, 0.2) is 47.5 Å². The normalized spacial score (nSPS) is 12.2. The number of alkyl halides is 3. The van der Waals surface area contributed by atoms with Crippen LogP contribution in [-0.4, -0.2) is 36.7 Å². The molecule has 0 unspecified atom stereocenters. The summed E-state index contributed by atoms with van der Waals surface area (Å²) >= 11 is 5.63. The summed E-state index contributed by atoms with van der Waals surface area (Å²) in [5.74, 6) is -0.904. The van der Waals surface area contributed by atoms with Gasteiger partial charge in [-0.1, -0.05) is 30.7 Å². The van der Waals surface area contributed by atoms with Gasteiger partial charge in [0.05, 0.1) is 17.8 Å². The quantitative estimate of drug-likeness (QED) is 0.725. The molecule has 1 heterocycles. The third kappa shape index (κ3) is 5.18. The van der Waals surface area contributed by atoms with Crippen LogP contribution in [0.1, 0.15) is 12.5 Å². The first-order valence-corrected chi connectivity index (χ1v) is 9.45. The largest absolute Gasteiger partial charge is 0.418 e. The molecule has 1 amide bonds. The van der Waals surface area contributed by atoms with E-state index in [2.05, 4.69) is 10.3 Å². The topological polar surface area (TPSA) is 79.4 Å². The second-order valence-corrected chi connectivity index (χ2v) is 7.66. The van der Waals surface area contributed by atoms with Gasteiger partial charge in [0.15, 0.2) is 0 Å². The van der Waals surface area contributed by atoms with Gasteiger partial charge >= 0.3 is 6.18 Å². The van der Waals surface area contributed by atoms with Crippen LogP contribution in [0.5, 0.6) is 0 Å². The highest BCUT2D eigenvalue weighted by atomic mass is 35.5. The number of rotatable bonds is 6. The fourth-order valence-corrected chi connectivity index (χ4v) is 3.68. The van der Waals surface area contributed by atoms with E-state index in [1.165, 1.54) is 31.2 Å². The minimum absolute atomic E-state index is 0.0701. The van der Waals surface area contributed by atoms with Crippen molar-refractivity contribution in [3.63, 3.8) is 0 Å². The van der Waals surface area contributed by atoms with E-state index in [0.717, 1.165) is 22.6 Å². The number of amides is 1. The highest BCUT2D eigenvalue weighted by Gasteiger charge is 2.34. The first-order valence-electron chi connectivity index (χ1n) is 7.63. The summed E-state index contributed by atoms with van der Waals surface area (Å²) in [5, 5.41) is 2.21. The van der Waals surface area contributed by atoms with E-state index >= 15 is 0 Å². The van der Waals surface area contributed by atoms with E-state index in [-0.39, 0.29) is 16.6 Å². The molecular weight excluding hydrogens is 407 g/mol. The van der Waals surface area contributed by atoms with Crippen molar-refractivity contribution in [2.75, 3.05) is 18.4 Å². The number of sulfonamides is 1. The average molecular weight is 422 g/mol. The van der Waals surface area contributed by atoms with Crippen LogP contribution in [0, 0.1) is 0 Å². The molecule has 1 aromatic carbocycles. The van der Waals surface area contributed by atoms with Crippen LogP contribution in [-0.2, 0) is 21.0 Å². The molecule has 0 aliphatic carbocycles. The Labute approximate surface area is 159 Å². The molecule has 0 bridgehead atoms. The fraction of sp³-hybridized carbons (Fsp3) is 0.250. The van der Waals surface area contributed by atoms with Gasteiger partial charge in [0.2, 0.25) is 15.9 Å². The lowest BCUT2D eigenvalue weighted by Gasteiger charge is -2.20. The van der Waals surface area contributed by atoms with Crippen LogP contribution in [0.3, 0.4) is 0 Å². The zero-order valence-electron chi connectivity index (χ0n) is 14.0. The number of aromatic nitrogens is 1. The number of nitrogens with one attached hydrogen (secondary N) is 1. The van der Waals surface area contributed by atoms with Gasteiger partial charge in [-0.15, -0.1) is 0 Å². The number of para-hydroxylation sites is 1.